The largest absolute Gasteiger partial charge is 0.307 e. The summed E-state index contributed by atoms with van der Waals surface area (Å²) < 4.78 is 14.1. The number of hydrogen-bond acceptors (Lipinski definition) is 1. The van der Waals surface area contributed by atoms with Crippen molar-refractivity contribution in [2.24, 2.45) is 11.8 Å². The van der Waals surface area contributed by atoms with Gasteiger partial charge in [0, 0.05) is 26.4 Å². The molecule has 80 valence electrons. The number of hydrogen-bond donors (Lipinski definition) is 0. The van der Waals surface area contributed by atoms with E-state index < -0.39 is 7.29 Å². The maximum atomic E-state index is 11.9. The van der Waals surface area contributed by atoms with E-state index in [-0.39, 0.29) is 0 Å². The van der Waals surface area contributed by atoms with Gasteiger partial charge in [-0.05, 0) is 11.8 Å². The molecule has 0 amide bonds. The maximum absolute atomic E-state index is 11.9. The van der Waals surface area contributed by atoms with E-state index in [1.807, 2.05) is 13.3 Å². The van der Waals surface area contributed by atoms with Crippen molar-refractivity contribution in [2.45, 2.75) is 27.7 Å². The van der Waals surface area contributed by atoms with Gasteiger partial charge in [-0.1, -0.05) is 27.7 Å². The van der Waals surface area contributed by atoms with E-state index in [1.54, 1.807) is 0 Å². The van der Waals surface area contributed by atoms with E-state index in [4.69, 9.17) is 0 Å². The molecule has 3 heteroatoms. The van der Waals surface area contributed by atoms with Crippen molar-refractivity contribution < 1.29 is 4.57 Å². The Balaban J connectivity index is 4.29. The second-order valence-corrected chi connectivity index (χ2v) is 8.11. The fourth-order valence-electron chi connectivity index (χ4n) is 1.31. The first-order valence-corrected chi connectivity index (χ1v) is 7.59. The van der Waals surface area contributed by atoms with Crippen LogP contribution in [0.5, 0.6) is 0 Å². The van der Waals surface area contributed by atoms with Crippen LogP contribution >= 0.6 is 7.29 Å². The molecule has 0 aliphatic carbocycles. The van der Waals surface area contributed by atoms with E-state index in [9.17, 15) is 4.57 Å². The van der Waals surface area contributed by atoms with Crippen LogP contribution in [-0.2, 0) is 4.57 Å². The molecule has 0 bridgehead atoms. The van der Waals surface area contributed by atoms with Gasteiger partial charge in [-0.3, -0.25) is 4.67 Å². The molecule has 0 radical (unpaired) electrons. The zero-order chi connectivity index (χ0) is 10.6. The Morgan fingerprint density at radius 1 is 1.00 bits per heavy atom. The third-order valence-corrected chi connectivity index (χ3v) is 3.52. The predicted octanol–water partition coefficient (Wildman–Crippen LogP) is 3.14. The van der Waals surface area contributed by atoms with Crippen LogP contribution in [0.4, 0.5) is 0 Å². The number of nitrogens with zero attached hydrogens (tertiary/aromatic N) is 1. The van der Waals surface area contributed by atoms with Gasteiger partial charge in [0.2, 0.25) is 0 Å². The fraction of sp³-hybridized carbons (Fsp3) is 1.00. The van der Waals surface area contributed by atoms with Crippen molar-refractivity contribution >= 4 is 7.29 Å². The van der Waals surface area contributed by atoms with Crippen LogP contribution in [0.25, 0.3) is 0 Å². The topological polar surface area (TPSA) is 20.3 Å². The van der Waals surface area contributed by atoms with Crippen LogP contribution in [0.15, 0.2) is 0 Å². The summed E-state index contributed by atoms with van der Waals surface area (Å²) >= 11 is 0. The highest BCUT2D eigenvalue weighted by molar-refractivity contribution is 7.59. The van der Waals surface area contributed by atoms with Crippen LogP contribution in [0, 0.1) is 11.8 Å². The summed E-state index contributed by atoms with van der Waals surface area (Å²) in [6, 6.07) is 0. The lowest BCUT2D eigenvalue weighted by atomic mass is 10.2. The van der Waals surface area contributed by atoms with Gasteiger partial charge in [0.25, 0.3) is 0 Å². The average Bonchev–Trinajstić information content (AvgIpc) is 1.81. The van der Waals surface area contributed by atoms with E-state index in [0.29, 0.717) is 11.8 Å². The lowest BCUT2D eigenvalue weighted by Gasteiger charge is -2.29. The molecule has 0 aromatic rings. The van der Waals surface area contributed by atoms with Gasteiger partial charge in [0.15, 0.2) is 0 Å². The highest BCUT2D eigenvalue weighted by Crippen LogP contribution is 2.41. The highest BCUT2D eigenvalue weighted by Gasteiger charge is 2.20. The third-order valence-electron chi connectivity index (χ3n) is 1.83. The van der Waals surface area contributed by atoms with Crippen molar-refractivity contribution in [1.82, 2.24) is 4.67 Å². The fourth-order valence-corrected chi connectivity index (χ4v) is 2.75. The molecule has 0 aromatic carbocycles. The number of rotatable bonds is 5. The summed E-state index contributed by atoms with van der Waals surface area (Å²) in [5.41, 5.74) is 0. The predicted molar refractivity (Wildman–Crippen MR) is 60.7 cm³/mol. The van der Waals surface area contributed by atoms with Crippen molar-refractivity contribution in [3.05, 3.63) is 0 Å². The highest BCUT2D eigenvalue weighted by atomic mass is 31.2. The molecule has 0 heterocycles. The Morgan fingerprint density at radius 2 is 1.31 bits per heavy atom. The molecule has 0 rings (SSSR count). The van der Waals surface area contributed by atoms with Gasteiger partial charge in [0.1, 0.15) is 7.29 Å². The molecule has 2 nitrogen and oxygen atoms in total. The molecule has 0 N–H and O–H groups in total. The minimum absolute atomic E-state index is 0.590. The second-order valence-electron chi connectivity index (χ2n) is 4.95. The quantitative estimate of drug-likeness (QED) is 0.643. The van der Waals surface area contributed by atoms with Crippen molar-refractivity contribution in [2.75, 3.05) is 26.4 Å². The van der Waals surface area contributed by atoms with Gasteiger partial charge in [-0.2, -0.15) is 0 Å². The van der Waals surface area contributed by atoms with Gasteiger partial charge < -0.3 is 4.57 Å². The van der Waals surface area contributed by atoms with E-state index >= 15 is 0 Å². The molecular weight excluding hydrogens is 181 g/mol. The van der Waals surface area contributed by atoms with Crippen LogP contribution < -0.4 is 0 Å². The van der Waals surface area contributed by atoms with Crippen molar-refractivity contribution in [3.8, 4) is 0 Å². The molecule has 0 saturated heterocycles. The van der Waals surface area contributed by atoms with E-state index in [1.165, 1.54) is 0 Å². The lowest BCUT2D eigenvalue weighted by Crippen LogP contribution is -2.28. The summed E-state index contributed by atoms with van der Waals surface area (Å²) in [6.07, 6.45) is 0. The molecule has 13 heavy (non-hydrogen) atoms. The molecule has 0 saturated carbocycles. The SMILES string of the molecule is CC(C)CN(CC(C)C)P(C)(C)=O. The first-order chi connectivity index (χ1) is 5.73. The van der Waals surface area contributed by atoms with Crippen molar-refractivity contribution in [1.29, 1.82) is 0 Å². The Kier molecular flexibility index (Phi) is 5.24. The van der Waals surface area contributed by atoms with Gasteiger partial charge in [-0.25, -0.2) is 0 Å². The molecule has 0 aromatic heterocycles. The molecule has 0 aliphatic rings. The normalized spacial score (nSPS) is 13.3. The van der Waals surface area contributed by atoms with Crippen LogP contribution in [0.2, 0.25) is 0 Å². The summed E-state index contributed by atoms with van der Waals surface area (Å²) in [6.45, 7) is 14.3. The van der Waals surface area contributed by atoms with Gasteiger partial charge >= 0.3 is 0 Å². The standard InChI is InChI=1S/C10H24NOP/c1-9(2)7-11(8-10(3)4)13(5,6)12/h9-10H,7-8H2,1-6H3. The third kappa shape index (κ3) is 6.29. The Morgan fingerprint density at radius 3 is 1.46 bits per heavy atom. The molecular formula is C10H24NOP. The second kappa shape index (κ2) is 5.17. The summed E-state index contributed by atoms with van der Waals surface area (Å²) in [5.74, 6) is 1.18. The van der Waals surface area contributed by atoms with E-state index in [0.717, 1.165) is 13.1 Å². The minimum atomic E-state index is -2.05. The Labute approximate surface area is 83.1 Å². The zero-order valence-electron chi connectivity index (χ0n) is 9.87. The Bertz CT molecular complexity index is 173. The summed E-state index contributed by atoms with van der Waals surface area (Å²) in [4.78, 5) is 0. The molecule has 0 fully saturated rings. The first kappa shape index (κ1) is 13.2. The minimum Gasteiger partial charge on any atom is -0.307 e. The molecule has 0 spiro atoms. The summed E-state index contributed by atoms with van der Waals surface area (Å²) in [5, 5.41) is 0. The summed E-state index contributed by atoms with van der Waals surface area (Å²) in [7, 11) is -2.05. The van der Waals surface area contributed by atoms with Crippen LogP contribution in [-0.4, -0.2) is 31.1 Å². The van der Waals surface area contributed by atoms with Crippen LogP contribution in [0.1, 0.15) is 27.7 Å². The van der Waals surface area contributed by atoms with Crippen molar-refractivity contribution in [3.63, 3.8) is 0 Å². The first-order valence-electron chi connectivity index (χ1n) is 5.04. The van der Waals surface area contributed by atoms with Crippen LogP contribution in [0.3, 0.4) is 0 Å². The molecule has 0 unspecified atom stereocenters. The average molecular weight is 205 g/mol. The smallest absolute Gasteiger partial charge is 0.144 e. The van der Waals surface area contributed by atoms with Gasteiger partial charge in [-0.15, -0.1) is 0 Å². The van der Waals surface area contributed by atoms with E-state index in [2.05, 4.69) is 32.4 Å². The lowest BCUT2D eigenvalue weighted by molar-refractivity contribution is 0.335. The molecule has 0 atom stereocenters. The maximum Gasteiger partial charge on any atom is 0.144 e. The monoisotopic (exact) mass is 205 g/mol. The molecule has 0 aliphatic heterocycles. The van der Waals surface area contributed by atoms with Gasteiger partial charge in [0.05, 0.1) is 0 Å². The Hall–Kier alpha value is 0.190. The zero-order valence-corrected chi connectivity index (χ0v) is 10.8.